The molecule has 1 atom stereocenters. The van der Waals surface area contributed by atoms with Gasteiger partial charge >= 0.3 is 0 Å². The van der Waals surface area contributed by atoms with Crippen LogP contribution in [0.15, 0.2) is 54.6 Å². The van der Waals surface area contributed by atoms with E-state index in [0.717, 1.165) is 25.3 Å². The summed E-state index contributed by atoms with van der Waals surface area (Å²) in [6.45, 7) is 3.77. The maximum atomic E-state index is 12.6. The van der Waals surface area contributed by atoms with Gasteiger partial charge in [0.1, 0.15) is 0 Å². The highest BCUT2D eigenvalue weighted by Crippen LogP contribution is 2.23. The molecule has 3 rings (SSSR count). The first kappa shape index (κ1) is 17.5. The highest BCUT2D eigenvalue weighted by Gasteiger charge is 2.23. The molecule has 0 bridgehead atoms. The fraction of sp³-hybridized carbons (Fsp3) is 0.300. The molecule has 0 radical (unpaired) electrons. The minimum Gasteiger partial charge on any atom is -0.337 e. The van der Waals surface area contributed by atoms with Crippen molar-refractivity contribution in [2.45, 2.75) is 18.6 Å². The molecule has 5 heteroatoms. The van der Waals surface area contributed by atoms with Gasteiger partial charge in [-0.05, 0) is 42.8 Å². The van der Waals surface area contributed by atoms with Gasteiger partial charge in [-0.25, -0.2) is 0 Å². The molecule has 130 valence electrons. The third-order valence-corrected chi connectivity index (χ3v) is 5.68. The molecule has 25 heavy (non-hydrogen) atoms. The maximum absolute atomic E-state index is 12.6. The fourth-order valence-electron chi connectivity index (χ4n) is 2.82. The van der Waals surface area contributed by atoms with Gasteiger partial charge in [-0.15, -0.1) is 0 Å². The Morgan fingerprint density at radius 2 is 1.80 bits per heavy atom. The molecule has 0 aromatic heterocycles. The largest absolute Gasteiger partial charge is 0.337 e. The van der Waals surface area contributed by atoms with Gasteiger partial charge in [0.15, 0.2) is 0 Å². The number of rotatable bonds is 4. The van der Waals surface area contributed by atoms with Crippen LogP contribution in [0.1, 0.15) is 34.1 Å². The summed E-state index contributed by atoms with van der Waals surface area (Å²) in [7, 11) is 0. The van der Waals surface area contributed by atoms with Crippen LogP contribution in [0.4, 0.5) is 5.69 Å². The lowest BCUT2D eigenvalue weighted by molar-refractivity contribution is 0.0761. The third-order valence-electron chi connectivity index (χ3n) is 4.31. The molecule has 0 saturated carbocycles. The molecular formula is C20H22N2O2S. The number of benzene rings is 2. The van der Waals surface area contributed by atoms with Gasteiger partial charge in [0.05, 0.1) is 0 Å². The lowest BCUT2D eigenvalue weighted by Crippen LogP contribution is -2.41. The Bertz CT molecular complexity index is 731. The summed E-state index contributed by atoms with van der Waals surface area (Å²) in [6.07, 6.45) is 1.08. The summed E-state index contributed by atoms with van der Waals surface area (Å²) < 4.78 is 0. The van der Waals surface area contributed by atoms with Gasteiger partial charge in [0, 0.05) is 40.9 Å². The van der Waals surface area contributed by atoms with Crippen molar-refractivity contribution in [1.29, 1.82) is 0 Å². The van der Waals surface area contributed by atoms with Gasteiger partial charge in [-0.3, -0.25) is 9.59 Å². The second-order valence-electron chi connectivity index (χ2n) is 6.05. The van der Waals surface area contributed by atoms with Crippen LogP contribution in [0.2, 0.25) is 0 Å². The topological polar surface area (TPSA) is 49.4 Å². The number of anilines is 1. The Hall–Kier alpha value is -2.27. The van der Waals surface area contributed by atoms with Crippen molar-refractivity contribution in [3.05, 3.63) is 65.7 Å². The summed E-state index contributed by atoms with van der Waals surface area (Å²) >= 11 is 1.95. The number of nitrogens with zero attached hydrogens (tertiary/aromatic N) is 1. The van der Waals surface area contributed by atoms with E-state index in [2.05, 4.69) is 12.2 Å². The lowest BCUT2D eigenvalue weighted by atomic mass is 10.1. The molecule has 0 unspecified atom stereocenters. The zero-order valence-electron chi connectivity index (χ0n) is 14.3. The quantitative estimate of drug-likeness (QED) is 0.906. The SMILES string of the molecule is CC[C@H]1CN(C(=O)c2ccc(NC(=O)c3ccccc3)cc2)CCS1. The van der Waals surface area contributed by atoms with E-state index in [0.29, 0.717) is 22.1 Å². The Labute approximate surface area is 152 Å². The Balaban J connectivity index is 1.64. The number of hydrogen-bond acceptors (Lipinski definition) is 3. The number of thioether (sulfide) groups is 1. The predicted octanol–water partition coefficient (Wildman–Crippen LogP) is 3.91. The van der Waals surface area contributed by atoms with Crippen molar-refractivity contribution in [2.24, 2.45) is 0 Å². The van der Waals surface area contributed by atoms with Gasteiger partial charge < -0.3 is 10.2 Å². The van der Waals surface area contributed by atoms with Crippen molar-refractivity contribution in [3.8, 4) is 0 Å². The van der Waals surface area contributed by atoms with Crippen molar-refractivity contribution in [3.63, 3.8) is 0 Å². The molecule has 1 fully saturated rings. The van der Waals surface area contributed by atoms with Gasteiger partial charge in [0.25, 0.3) is 11.8 Å². The molecule has 1 aliphatic rings. The number of amides is 2. The molecule has 1 heterocycles. The van der Waals surface area contributed by atoms with E-state index in [4.69, 9.17) is 0 Å². The lowest BCUT2D eigenvalue weighted by Gasteiger charge is -2.32. The molecule has 2 aromatic carbocycles. The summed E-state index contributed by atoms with van der Waals surface area (Å²) in [5.41, 5.74) is 1.96. The number of hydrogen-bond donors (Lipinski definition) is 1. The summed E-state index contributed by atoms with van der Waals surface area (Å²) in [6, 6.07) is 16.2. The average Bonchev–Trinajstić information content (AvgIpc) is 2.68. The number of carbonyl (C=O) groups excluding carboxylic acids is 2. The fourth-order valence-corrected chi connectivity index (χ4v) is 4.00. The van der Waals surface area contributed by atoms with E-state index >= 15 is 0 Å². The van der Waals surface area contributed by atoms with E-state index in [1.54, 1.807) is 36.4 Å². The first-order chi connectivity index (χ1) is 12.2. The van der Waals surface area contributed by atoms with Crippen molar-refractivity contribution in [1.82, 2.24) is 4.90 Å². The van der Waals surface area contributed by atoms with Crippen LogP contribution < -0.4 is 5.32 Å². The standard InChI is InChI=1S/C20H22N2O2S/c1-2-18-14-22(12-13-25-18)20(24)16-8-10-17(11-9-16)21-19(23)15-6-4-3-5-7-15/h3-11,18H,2,12-14H2,1H3,(H,21,23)/t18-/m0/s1. The van der Waals surface area contributed by atoms with Crippen molar-refractivity contribution >= 4 is 29.3 Å². The van der Waals surface area contributed by atoms with E-state index in [-0.39, 0.29) is 11.8 Å². The monoisotopic (exact) mass is 354 g/mol. The Morgan fingerprint density at radius 3 is 2.48 bits per heavy atom. The van der Waals surface area contributed by atoms with Crippen LogP contribution in [0, 0.1) is 0 Å². The van der Waals surface area contributed by atoms with E-state index in [9.17, 15) is 9.59 Å². The number of carbonyl (C=O) groups is 2. The minimum atomic E-state index is -0.154. The third kappa shape index (κ3) is 4.42. The molecule has 1 saturated heterocycles. The first-order valence-corrected chi connectivity index (χ1v) is 9.59. The molecule has 1 aliphatic heterocycles. The predicted molar refractivity (Wildman–Crippen MR) is 103 cm³/mol. The molecule has 2 aromatic rings. The molecule has 0 aliphatic carbocycles. The highest BCUT2D eigenvalue weighted by molar-refractivity contribution is 8.00. The van der Waals surface area contributed by atoms with Crippen molar-refractivity contribution < 1.29 is 9.59 Å². The smallest absolute Gasteiger partial charge is 0.255 e. The van der Waals surface area contributed by atoms with Crippen LogP contribution in [0.3, 0.4) is 0 Å². The van der Waals surface area contributed by atoms with E-state index in [1.165, 1.54) is 0 Å². The van der Waals surface area contributed by atoms with Crippen molar-refractivity contribution in [2.75, 3.05) is 24.2 Å². The molecular weight excluding hydrogens is 332 g/mol. The minimum absolute atomic E-state index is 0.0692. The second-order valence-corrected chi connectivity index (χ2v) is 7.46. The first-order valence-electron chi connectivity index (χ1n) is 8.54. The summed E-state index contributed by atoms with van der Waals surface area (Å²) in [4.78, 5) is 26.7. The second kappa shape index (κ2) is 8.21. The van der Waals surface area contributed by atoms with Crippen LogP contribution in [-0.2, 0) is 0 Å². The van der Waals surface area contributed by atoms with Gasteiger partial charge in [0.2, 0.25) is 0 Å². The van der Waals surface area contributed by atoms with Gasteiger partial charge in [-0.1, -0.05) is 25.1 Å². The Morgan fingerprint density at radius 1 is 1.08 bits per heavy atom. The maximum Gasteiger partial charge on any atom is 0.255 e. The van der Waals surface area contributed by atoms with E-state index in [1.807, 2.05) is 34.9 Å². The van der Waals surface area contributed by atoms with Gasteiger partial charge in [-0.2, -0.15) is 11.8 Å². The zero-order valence-corrected chi connectivity index (χ0v) is 15.1. The Kier molecular flexibility index (Phi) is 5.76. The van der Waals surface area contributed by atoms with Crippen LogP contribution in [-0.4, -0.2) is 40.8 Å². The van der Waals surface area contributed by atoms with E-state index < -0.39 is 0 Å². The summed E-state index contributed by atoms with van der Waals surface area (Å²) in [5.74, 6) is 0.911. The van der Waals surface area contributed by atoms with Crippen LogP contribution in [0.5, 0.6) is 0 Å². The van der Waals surface area contributed by atoms with Crippen LogP contribution >= 0.6 is 11.8 Å². The zero-order chi connectivity index (χ0) is 17.6. The van der Waals surface area contributed by atoms with Crippen LogP contribution in [0.25, 0.3) is 0 Å². The molecule has 0 spiro atoms. The number of nitrogens with one attached hydrogen (secondary N) is 1. The normalized spacial score (nSPS) is 17.2. The molecule has 2 amide bonds. The highest BCUT2D eigenvalue weighted by atomic mass is 32.2. The molecule has 4 nitrogen and oxygen atoms in total. The molecule has 1 N–H and O–H groups in total. The average molecular weight is 354 g/mol. The summed E-state index contributed by atoms with van der Waals surface area (Å²) in [5, 5.41) is 3.38.